The molecule has 1 saturated heterocycles. The van der Waals surface area contributed by atoms with Crippen LogP contribution in [0.1, 0.15) is 44.6 Å². The molecule has 3 rings (SSSR count). The van der Waals surface area contributed by atoms with Crippen LogP contribution in [-0.2, 0) is 16.4 Å². The third-order valence-electron chi connectivity index (χ3n) is 5.14. The van der Waals surface area contributed by atoms with Crippen molar-refractivity contribution in [2.75, 3.05) is 21.9 Å². The molecule has 1 atom stereocenters. The van der Waals surface area contributed by atoms with E-state index in [0.717, 1.165) is 30.8 Å². The second-order valence-electron chi connectivity index (χ2n) is 7.17. The molecule has 1 aliphatic rings. The van der Waals surface area contributed by atoms with Crippen LogP contribution >= 0.6 is 0 Å². The van der Waals surface area contributed by atoms with E-state index in [1.807, 2.05) is 42.5 Å². The molecule has 0 saturated carbocycles. The summed E-state index contributed by atoms with van der Waals surface area (Å²) >= 11 is 0. The van der Waals surface area contributed by atoms with E-state index < -0.39 is 10.0 Å². The summed E-state index contributed by atoms with van der Waals surface area (Å²) in [5, 5.41) is 0. The minimum Gasteiger partial charge on any atom is -0.354 e. The molecule has 5 nitrogen and oxygen atoms in total. The number of aromatic nitrogens is 1. The quantitative estimate of drug-likeness (QED) is 0.736. The zero-order valence-corrected chi connectivity index (χ0v) is 16.8. The molecule has 2 aromatic rings. The Morgan fingerprint density at radius 1 is 1.15 bits per heavy atom. The van der Waals surface area contributed by atoms with Gasteiger partial charge in [-0.3, -0.25) is 4.72 Å². The highest BCUT2D eigenvalue weighted by molar-refractivity contribution is 7.92. The van der Waals surface area contributed by atoms with Gasteiger partial charge in [-0.25, -0.2) is 13.4 Å². The maximum atomic E-state index is 12.3. The first-order chi connectivity index (χ1) is 13.1. The number of benzene rings is 1. The van der Waals surface area contributed by atoms with Crippen molar-refractivity contribution in [3.05, 3.63) is 54.2 Å². The van der Waals surface area contributed by atoms with Gasteiger partial charge in [0.1, 0.15) is 5.82 Å². The number of pyridine rings is 1. The maximum Gasteiger partial charge on any atom is 0.232 e. The third kappa shape index (κ3) is 5.70. The Morgan fingerprint density at radius 2 is 1.96 bits per heavy atom. The Labute approximate surface area is 162 Å². The van der Waals surface area contributed by atoms with Gasteiger partial charge in [0, 0.05) is 12.6 Å². The smallest absolute Gasteiger partial charge is 0.232 e. The van der Waals surface area contributed by atoms with Gasteiger partial charge in [0.25, 0.3) is 0 Å². The Balaban J connectivity index is 1.55. The number of nitrogens with one attached hydrogen (secondary N) is 1. The van der Waals surface area contributed by atoms with Crippen molar-refractivity contribution in [1.82, 2.24) is 4.98 Å². The lowest BCUT2D eigenvalue weighted by Crippen LogP contribution is -2.39. The van der Waals surface area contributed by atoms with Gasteiger partial charge in [0.2, 0.25) is 10.0 Å². The van der Waals surface area contributed by atoms with Crippen molar-refractivity contribution in [1.29, 1.82) is 0 Å². The number of sulfonamides is 1. The topological polar surface area (TPSA) is 62.3 Å². The molecule has 0 aliphatic carbocycles. The fourth-order valence-electron chi connectivity index (χ4n) is 3.68. The SMILES string of the molecule is CCC1CCCCN1c1ccc(NS(=O)(=O)CCCc2ccccc2)cn1. The Bertz CT molecular complexity index is 807. The molecule has 0 spiro atoms. The number of rotatable bonds is 8. The number of nitrogens with zero attached hydrogens (tertiary/aromatic N) is 2. The monoisotopic (exact) mass is 387 g/mol. The van der Waals surface area contributed by atoms with Crippen LogP contribution in [-0.4, -0.2) is 31.7 Å². The van der Waals surface area contributed by atoms with E-state index in [9.17, 15) is 8.42 Å². The van der Waals surface area contributed by atoms with Gasteiger partial charge in [-0.05, 0) is 56.2 Å². The number of hydrogen-bond acceptors (Lipinski definition) is 4. The van der Waals surface area contributed by atoms with Crippen molar-refractivity contribution in [3.63, 3.8) is 0 Å². The van der Waals surface area contributed by atoms with Crippen LogP contribution in [0.3, 0.4) is 0 Å². The number of hydrogen-bond donors (Lipinski definition) is 1. The average molecular weight is 388 g/mol. The minimum atomic E-state index is -3.36. The molecule has 1 aliphatic heterocycles. The molecule has 0 radical (unpaired) electrons. The van der Waals surface area contributed by atoms with Crippen LogP contribution in [0.25, 0.3) is 0 Å². The zero-order valence-electron chi connectivity index (χ0n) is 16.0. The van der Waals surface area contributed by atoms with Gasteiger partial charge in [-0.2, -0.15) is 0 Å². The van der Waals surface area contributed by atoms with Crippen LogP contribution in [0.2, 0.25) is 0 Å². The van der Waals surface area contributed by atoms with Gasteiger partial charge >= 0.3 is 0 Å². The van der Waals surface area contributed by atoms with Crippen LogP contribution in [0.15, 0.2) is 48.7 Å². The van der Waals surface area contributed by atoms with Crippen LogP contribution < -0.4 is 9.62 Å². The zero-order chi connectivity index (χ0) is 19.1. The normalized spacial score (nSPS) is 17.7. The molecule has 2 heterocycles. The molecule has 0 bridgehead atoms. The predicted molar refractivity (Wildman–Crippen MR) is 112 cm³/mol. The first-order valence-corrected chi connectivity index (χ1v) is 11.5. The van der Waals surface area contributed by atoms with Crippen LogP contribution in [0.4, 0.5) is 11.5 Å². The van der Waals surface area contributed by atoms with Crippen molar-refractivity contribution < 1.29 is 8.42 Å². The summed E-state index contributed by atoms with van der Waals surface area (Å²) < 4.78 is 27.3. The van der Waals surface area contributed by atoms with Crippen LogP contribution in [0.5, 0.6) is 0 Å². The molecule has 1 unspecified atom stereocenters. The molecule has 1 aromatic heterocycles. The fraction of sp³-hybridized carbons (Fsp3) is 0.476. The highest BCUT2D eigenvalue weighted by atomic mass is 32.2. The molecule has 0 amide bonds. The molecule has 1 aromatic carbocycles. The summed E-state index contributed by atoms with van der Waals surface area (Å²) in [6, 6.07) is 14.2. The predicted octanol–water partition coefficient (Wildman–Crippen LogP) is 4.23. The minimum absolute atomic E-state index is 0.105. The van der Waals surface area contributed by atoms with E-state index in [0.29, 0.717) is 18.2 Å². The van der Waals surface area contributed by atoms with E-state index in [1.165, 1.54) is 19.3 Å². The van der Waals surface area contributed by atoms with Crippen molar-refractivity contribution in [2.24, 2.45) is 0 Å². The van der Waals surface area contributed by atoms with Gasteiger partial charge < -0.3 is 4.90 Å². The lowest BCUT2D eigenvalue weighted by atomic mass is 10.00. The number of anilines is 2. The number of piperidine rings is 1. The Morgan fingerprint density at radius 3 is 2.67 bits per heavy atom. The lowest BCUT2D eigenvalue weighted by Gasteiger charge is -2.36. The van der Waals surface area contributed by atoms with Gasteiger partial charge in [0.05, 0.1) is 17.6 Å². The molecule has 6 heteroatoms. The van der Waals surface area contributed by atoms with E-state index in [1.54, 1.807) is 6.20 Å². The van der Waals surface area contributed by atoms with Gasteiger partial charge in [-0.1, -0.05) is 37.3 Å². The summed E-state index contributed by atoms with van der Waals surface area (Å²) in [7, 11) is -3.36. The fourth-order valence-corrected chi connectivity index (χ4v) is 4.79. The lowest BCUT2D eigenvalue weighted by molar-refractivity contribution is 0.447. The second-order valence-corrected chi connectivity index (χ2v) is 9.01. The summed E-state index contributed by atoms with van der Waals surface area (Å²) in [5.41, 5.74) is 1.69. The molecule has 1 fully saturated rings. The van der Waals surface area contributed by atoms with Gasteiger partial charge in [-0.15, -0.1) is 0 Å². The van der Waals surface area contributed by atoms with E-state index in [-0.39, 0.29) is 5.75 Å². The van der Waals surface area contributed by atoms with E-state index in [2.05, 4.69) is 21.5 Å². The van der Waals surface area contributed by atoms with E-state index >= 15 is 0 Å². The standard InChI is InChI=1S/C21H29N3O2S/c1-2-20-12-6-7-15-24(20)21-14-13-19(17-22-21)23-27(25,26)16-8-11-18-9-4-3-5-10-18/h3-5,9-10,13-14,17,20,23H,2,6-8,11-12,15-16H2,1H3. The highest BCUT2D eigenvalue weighted by Gasteiger charge is 2.22. The van der Waals surface area contributed by atoms with Crippen molar-refractivity contribution in [3.8, 4) is 0 Å². The summed E-state index contributed by atoms with van der Waals surface area (Å²) in [4.78, 5) is 6.86. The first kappa shape index (κ1) is 19.7. The highest BCUT2D eigenvalue weighted by Crippen LogP contribution is 2.25. The largest absolute Gasteiger partial charge is 0.354 e. The molecule has 1 N–H and O–H groups in total. The van der Waals surface area contributed by atoms with Crippen molar-refractivity contribution >= 4 is 21.5 Å². The maximum absolute atomic E-state index is 12.3. The summed E-state index contributed by atoms with van der Waals surface area (Å²) in [6.07, 6.45) is 7.75. The van der Waals surface area contributed by atoms with Crippen LogP contribution in [0, 0.1) is 0 Å². The molecule has 146 valence electrons. The molecular weight excluding hydrogens is 358 g/mol. The number of aryl methyl sites for hydroxylation is 1. The van der Waals surface area contributed by atoms with Crippen molar-refractivity contribution in [2.45, 2.75) is 51.5 Å². The summed E-state index contributed by atoms with van der Waals surface area (Å²) in [6.45, 7) is 3.23. The third-order valence-corrected chi connectivity index (χ3v) is 6.51. The Kier molecular flexibility index (Phi) is 6.72. The van der Waals surface area contributed by atoms with E-state index in [4.69, 9.17) is 0 Å². The van der Waals surface area contributed by atoms with Gasteiger partial charge in [0.15, 0.2) is 0 Å². The average Bonchev–Trinajstić information content (AvgIpc) is 2.69. The Hall–Kier alpha value is -2.08. The molecule has 27 heavy (non-hydrogen) atoms. The summed E-state index contributed by atoms with van der Waals surface area (Å²) in [5.74, 6) is 1.04. The second kappa shape index (κ2) is 9.22. The first-order valence-electron chi connectivity index (χ1n) is 9.84. The molecular formula is C21H29N3O2S.